The average molecular weight is 255 g/mol. The van der Waals surface area contributed by atoms with Crippen LogP contribution in [0.25, 0.3) is 0 Å². The lowest BCUT2D eigenvalue weighted by atomic mass is 10.2. The molecule has 0 fully saturated rings. The van der Waals surface area contributed by atoms with Crippen LogP contribution in [0.5, 0.6) is 0 Å². The maximum absolute atomic E-state index is 5.89. The lowest BCUT2D eigenvalue weighted by Crippen LogP contribution is -1.94. The summed E-state index contributed by atoms with van der Waals surface area (Å²) >= 11 is 7.44. The van der Waals surface area contributed by atoms with E-state index in [-0.39, 0.29) is 0 Å². The third-order valence-corrected chi connectivity index (χ3v) is 3.70. The van der Waals surface area contributed by atoms with Crippen molar-refractivity contribution in [3.63, 3.8) is 0 Å². The molecule has 0 aliphatic rings. The fraction of sp³-hybridized carbons (Fsp3) is 0.300. The summed E-state index contributed by atoms with van der Waals surface area (Å²) in [6.07, 6.45) is 3.74. The van der Waals surface area contributed by atoms with Crippen LogP contribution in [0.3, 0.4) is 0 Å². The SMILES string of the molecule is Cc1c(Cl)nnc(Sc2cnn(C)c2)c1C. The van der Waals surface area contributed by atoms with Gasteiger partial charge in [-0.05, 0) is 25.0 Å². The molecule has 0 bridgehead atoms. The number of nitrogens with zero attached hydrogens (tertiary/aromatic N) is 4. The Labute approximate surface area is 103 Å². The molecule has 2 aromatic heterocycles. The van der Waals surface area contributed by atoms with E-state index in [0.29, 0.717) is 5.15 Å². The lowest BCUT2D eigenvalue weighted by Gasteiger charge is -2.05. The Morgan fingerprint density at radius 2 is 2.00 bits per heavy atom. The molecule has 2 heterocycles. The van der Waals surface area contributed by atoms with Crippen LogP contribution in [0.15, 0.2) is 22.3 Å². The van der Waals surface area contributed by atoms with E-state index >= 15 is 0 Å². The van der Waals surface area contributed by atoms with Crippen molar-refractivity contribution in [1.82, 2.24) is 20.0 Å². The minimum Gasteiger partial charge on any atom is -0.275 e. The molecule has 0 N–H and O–H groups in total. The van der Waals surface area contributed by atoms with E-state index in [0.717, 1.165) is 21.0 Å². The second-order valence-electron chi connectivity index (χ2n) is 3.50. The molecule has 2 aromatic rings. The van der Waals surface area contributed by atoms with Crippen molar-refractivity contribution >= 4 is 23.4 Å². The summed E-state index contributed by atoms with van der Waals surface area (Å²) in [7, 11) is 1.88. The highest BCUT2D eigenvalue weighted by Crippen LogP contribution is 2.30. The van der Waals surface area contributed by atoms with E-state index in [1.807, 2.05) is 27.1 Å². The third kappa shape index (κ3) is 2.20. The molecule has 0 atom stereocenters. The Morgan fingerprint density at radius 3 is 2.62 bits per heavy atom. The van der Waals surface area contributed by atoms with Crippen molar-refractivity contribution in [3.05, 3.63) is 28.7 Å². The van der Waals surface area contributed by atoms with Gasteiger partial charge in [-0.2, -0.15) is 5.10 Å². The standard InChI is InChI=1S/C10H11ClN4S/c1-6-7(2)10(14-13-9(6)11)16-8-4-12-15(3)5-8/h4-5H,1-3H3. The third-order valence-electron chi connectivity index (χ3n) is 2.32. The molecule has 0 radical (unpaired) electrons. The van der Waals surface area contributed by atoms with Crippen molar-refractivity contribution in [2.24, 2.45) is 7.05 Å². The highest BCUT2D eigenvalue weighted by atomic mass is 35.5. The fourth-order valence-electron chi connectivity index (χ4n) is 1.21. The summed E-state index contributed by atoms with van der Waals surface area (Å²) < 4.78 is 1.76. The molecule has 16 heavy (non-hydrogen) atoms. The van der Waals surface area contributed by atoms with Crippen molar-refractivity contribution in [3.8, 4) is 0 Å². The first-order chi connectivity index (χ1) is 7.58. The second kappa shape index (κ2) is 4.43. The van der Waals surface area contributed by atoms with Crippen LogP contribution in [0.4, 0.5) is 0 Å². The van der Waals surface area contributed by atoms with Gasteiger partial charge in [-0.1, -0.05) is 23.4 Å². The van der Waals surface area contributed by atoms with E-state index in [9.17, 15) is 0 Å². The molecule has 0 amide bonds. The molecule has 4 nitrogen and oxygen atoms in total. The number of hydrogen-bond donors (Lipinski definition) is 0. The van der Waals surface area contributed by atoms with Crippen molar-refractivity contribution < 1.29 is 0 Å². The zero-order valence-corrected chi connectivity index (χ0v) is 10.8. The number of rotatable bonds is 2. The maximum atomic E-state index is 5.89. The van der Waals surface area contributed by atoms with E-state index in [2.05, 4.69) is 15.3 Å². The number of aromatic nitrogens is 4. The van der Waals surface area contributed by atoms with E-state index in [1.54, 1.807) is 22.6 Å². The highest BCUT2D eigenvalue weighted by Gasteiger charge is 2.10. The summed E-state index contributed by atoms with van der Waals surface area (Å²) in [4.78, 5) is 1.04. The lowest BCUT2D eigenvalue weighted by molar-refractivity contribution is 0.766. The van der Waals surface area contributed by atoms with Crippen molar-refractivity contribution in [1.29, 1.82) is 0 Å². The largest absolute Gasteiger partial charge is 0.275 e. The summed E-state index contributed by atoms with van der Waals surface area (Å²) in [5.74, 6) is 0. The molecule has 84 valence electrons. The minimum absolute atomic E-state index is 0.466. The Morgan fingerprint density at radius 1 is 1.25 bits per heavy atom. The molecule has 0 saturated heterocycles. The molecule has 0 saturated carbocycles. The van der Waals surface area contributed by atoms with E-state index in [1.165, 1.54) is 0 Å². The van der Waals surface area contributed by atoms with Gasteiger partial charge in [-0.15, -0.1) is 10.2 Å². The Hall–Kier alpha value is -1.07. The van der Waals surface area contributed by atoms with Crippen LogP contribution in [0, 0.1) is 13.8 Å². The Bertz CT molecular complexity index is 524. The first-order valence-electron chi connectivity index (χ1n) is 4.74. The summed E-state index contributed by atoms with van der Waals surface area (Å²) in [6.45, 7) is 3.94. The summed E-state index contributed by atoms with van der Waals surface area (Å²) in [5, 5.41) is 13.4. The quantitative estimate of drug-likeness (QED) is 0.826. The zero-order valence-electron chi connectivity index (χ0n) is 9.23. The van der Waals surface area contributed by atoms with Crippen LogP contribution >= 0.6 is 23.4 Å². The summed E-state index contributed by atoms with van der Waals surface area (Å²) in [5.41, 5.74) is 2.04. The van der Waals surface area contributed by atoms with E-state index in [4.69, 9.17) is 11.6 Å². The first-order valence-corrected chi connectivity index (χ1v) is 5.93. The molecular weight excluding hydrogens is 244 g/mol. The molecule has 0 aliphatic carbocycles. The predicted molar refractivity (Wildman–Crippen MR) is 63.8 cm³/mol. The minimum atomic E-state index is 0.466. The monoisotopic (exact) mass is 254 g/mol. The normalized spacial score (nSPS) is 10.8. The van der Waals surface area contributed by atoms with Gasteiger partial charge in [-0.25, -0.2) is 0 Å². The van der Waals surface area contributed by atoms with Gasteiger partial charge in [0.2, 0.25) is 0 Å². The molecule has 0 spiro atoms. The van der Waals surface area contributed by atoms with Gasteiger partial charge < -0.3 is 0 Å². The summed E-state index contributed by atoms with van der Waals surface area (Å²) in [6, 6.07) is 0. The zero-order chi connectivity index (χ0) is 11.7. The fourth-order valence-corrected chi connectivity index (χ4v) is 2.31. The van der Waals surface area contributed by atoms with E-state index < -0.39 is 0 Å². The van der Waals surface area contributed by atoms with Gasteiger partial charge in [-0.3, -0.25) is 4.68 Å². The average Bonchev–Trinajstić information content (AvgIpc) is 2.65. The van der Waals surface area contributed by atoms with Crippen molar-refractivity contribution in [2.75, 3.05) is 0 Å². The Balaban J connectivity index is 2.32. The number of hydrogen-bond acceptors (Lipinski definition) is 4. The smallest absolute Gasteiger partial charge is 0.154 e. The van der Waals surface area contributed by atoms with Gasteiger partial charge in [0.15, 0.2) is 5.15 Å². The predicted octanol–water partition coefficient (Wildman–Crippen LogP) is 2.63. The highest BCUT2D eigenvalue weighted by molar-refractivity contribution is 7.99. The molecule has 0 aliphatic heterocycles. The molecule has 0 unspecified atom stereocenters. The van der Waals surface area contributed by atoms with Crippen LogP contribution in [0.2, 0.25) is 5.15 Å². The first kappa shape index (κ1) is 11.4. The van der Waals surface area contributed by atoms with Gasteiger partial charge in [0.25, 0.3) is 0 Å². The molecule has 6 heteroatoms. The van der Waals surface area contributed by atoms with Crippen LogP contribution in [-0.4, -0.2) is 20.0 Å². The van der Waals surface area contributed by atoms with Crippen LogP contribution in [-0.2, 0) is 7.05 Å². The van der Waals surface area contributed by atoms with Gasteiger partial charge in [0.1, 0.15) is 5.03 Å². The topological polar surface area (TPSA) is 43.6 Å². The molecular formula is C10H11ClN4S. The maximum Gasteiger partial charge on any atom is 0.154 e. The second-order valence-corrected chi connectivity index (χ2v) is 4.92. The van der Waals surface area contributed by atoms with Crippen LogP contribution in [0.1, 0.15) is 11.1 Å². The molecule has 0 aromatic carbocycles. The van der Waals surface area contributed by atoms with Crippen LogP contribution < -0.4 is 0 Å². The van der Waals surface area contributed by atoms with Gasteiger partial charge >= 0.3 is 0 Å². The van der Waals surface area contributed by atoms with Gasteiger partial charge in [0.05, 0.1) is 11.1 Å². The number of halogens is 1. The number of aryl methyl sites for hydroxylation is 1. The molecule has 2 rings (SSSR count). The van der Waals surface area contributed by atoms with Crippen molar-refractivity contribution in [2.45, 2.75) is 23.8 Å². The van der Waals surface area contributed by atoms with Gasteiger partial charge in [0, 0.05) is 13.2 Å². The Kier molecular flexibility index (Phi) is 3.16.